The van der Waals surface area contributed by atoms with Gasteiger partial charge in [0.1, 0.15) is 5.82 Å². The van der Waals surface area contributed by atoms with E-state index in [0.29, 0.717) is 18.4 Å². The van der Waals surface area contributed by atoms with Crippen molar-refractivity contribution in [2.24, 2.45) is 0 Å². The molecule has 0 bridgehead atoms. The normalized spacial score (nSPS) is 14.9. The van der Waals surface area contributed by atoms with E-state index < -0.39 is 0 Å². The van der Waals surface area contributed by atoms with Gasteiger partial charge in [0.25, 0.3) is 0 Å². The van der Waals surface area contributed by atoms with E-state index in [1.165, 1.54) is 12.8 Å². The minimum Gasteiger partial charge on any atom is -0.309 e. The predicted molar refractivity (Wildman–Crippen MR) is 66.3 cm³/mol. The first-order valence-electron chi connectivity index (χ1n) is 5.30. The third kappa shape index (κ3) is 3.28. The lowest BCUT2D eigenvalue weighted by Crippen LogP contribution is -2.29. The van der Waals surface area contributed by atoms with E-state index in [9.17, 15) is 4.79 Å². The fourth-order valence-corrected chi connectivity index (χ4v) is 1.82. The number of halogens is 1. The van der Waals surface area contributed by atoms with Crippen molar-refractivity contribution in [2.45, 2.75) is 25.8 Å². The van der Waals surface area contributed by atoms with Crippen molar-refractivity contribution in [3.63, 3.8) is 0 Å². The molecule has 0 saturated heterocycles. The number of nitrogens with zero attached hydrogens (tertiary/aromatic N) is 1. The molecule has 16 heavy (non-hydrogen) atoms. The lowest BCUT2D eigenvalue weighted by Gasteiger charge is -2.07. The Morgan fingerprint density at radius 2 is 2.38 bits per heavy atom. The molecule has 0 aliphatic heterocycles. The minimum absolute atomic E-state index is 0.0372. The van der Waals surface area contributed by atoms with Crippen molar-refractivity contribution in [3.8, 4) is 0 Å². The number of aromatic nitrogens is 1. The number of carbonyl (C=O) groups excluding carboxylic acids is 1. The van der Waals surface area contributed by atoms with Crippen LogP contribution in [-0.4, -0.2) is 23.5 Å². The minimum atomic E-state index is -0.0372. The summed E-state index contributed by atoms with van der Waals surface area (Å²) in [6, 6.07) is 2.47. The van der Waals surface area contributed by atoms with Crippen LogP contribution in [-0.2, 0) is 4.79 Å². The van der Waals surface area contributed by atoms with E-state index in [4.69, 9.17) is 0 Å². The molecular formula is C11H14BrN3O. The molecule has 0 atom stereocenters. The zero-order valence-electron chi connectivity index (χ0n) is 9.09. The van der Waals surface area contributed by atoms with Gasteiger partial charge in [-0.05, 0) is 47.3 Å². The Hall–Kier alpha value is -0.940. The van der Waals surface area contributed by atoms with Crippen LogP contribution in [0.5, 0.6) is 0 Å². The summed E-state index contributed by atoms with van der Waals surface area (Å²) in [6.45, 7) is 2.28. The first kappa shape index (κ1) is 11.5. The van der Waals surface area contributed by atoms with Crippen molar-refractivity contribution in [1.82, 2.24) is 10.3 Å². The molecule has 1 aromatic heterocycles. The Morgan fingerprint density at radius 3 is 3.00 bits per heavy atom. The largest absolute Gasteiger partial charge is 0.309 e. The summed E-state index contributed by atoms with van der Waals surface area (Å²) in [5.41, 5.74) is 0.953. The van der Waals surface area contributed by atoms with Crippen molar-refractivity contribution in [1.29, 1.82) is 0 Å². The summed E-state index contributed by atoms with van der Waals surface area (Å²) in [4.78, 5) is 15.7. The second-order valence-corrected chi connectivity index (χ2v) is 4.94. The highest BCUT2D eigenvalue weighted by atomic mass is 79.9. The number of hydrogen-bond acceptors (Lipinski definition) is 3. The van der Waals surface area contributed by atoms with Crippen LogP contribution in [0.2, 0.25) is 0 Å². The first-order valence-corrected chi connectivity index (χ1v) is 6.10. The smallest absolute Gasteiger partial charge is 0.239 e. The second kappa shape index (κ2) is 4.93. The Balaban J connectivity index is 1.89. The first-order chi connectivity index (χ1) is 7.65. The highest BCUT2D eigenvalue weighted by Crippen LogP contribution is 2.18. The topological polar surface area (TPSA) is 54.0 Å². The summed E-state index contributed by atoms with van der Waals surface area (Å²) < 4.78 is 0.916. The van der Waals surface area contributed by atoms with E-state index in [1.54, 1.807) is 6.20 Å². The Kier molecular flexibility index (Phi) is 3.56. The molecule has 1 saturated carbocycles. The molecule has 1 heterocycles. The van der Waals surface area contributed by atoms with Crippen LogP contribution in [0.4, 0.5) is 5.82 Å². The molecule has 0 spiro atoms. The zero-order chi connectivity index (χ0) is 11.5. The maximum atomic E-state index is 11.6. The van der Waals surface area contributed by atoms with E-state index >= 15 is 0 Å². The summed E-state index contributed by atoms with van der Waals surface area (Å²) >= 11 is 3.33. The van der Waals surface area contributed by atoms with Crippen molar-refractivity contribution in [2.75, 3.05) is 11.9 Å². The number of anilines is 1. The third-order valence-electron chi connectivity index (χ3n) is 2.43. The van der Waals surface area contributed by atoms with E-state index in [2.05, 4.69) is 31.5 Å². The zero-order valence-corrected chi connectivity index (χ0v) is 10.7. The maximum absolute atomic E-state index is 11.6. The van der Waals surface area contributed by atoms with Crippen LogP contribution >= 0.6 is 15.9 Å². The van der Waals surface area contributed by atoms with Gasteiger partial charge in [0.2, 0.25) is 5.91 Å². The number of aryl methyl sites for hydroxylation is 1. The van der Waals surface area contributed by atoms with Crippen LogP contribution < -0.4 is 10.6 Å². The third-order valence-corrected chi connectivity index (χ3v) is 2.87. The summed E-state index contributed by atoms with van der Waals surface area (Å²) in [7, 11) is 0. The van der Waals surface area contributed by atoms with Crippen molar-refractivity contribution < 1.29 is 4.79 Å². The standard InChI is InChI=1S/C11H14BrN3O/c1-7-4-8(12)5-14-11(7)15-10(16)6-13-9-2-3-9/h4-5,9,13H,2-3,6H2,1H3,(H,14,15,16). The fraction of sp³-hybridized carbons (Fsp3) is 0.455. The van der Waals surface area contributed by atoms with Crippen molar-refractivity contribution >= 4 is 27.7 Å². The lowest BCUT2D eigenvalue weighted by atomic mass is 10.3. The Bertz CT molecular complexity index is 404. The van der Waals surface area contributed by atoms with Crippen molar-refractivity contribution in [3.05, 3.63) is 22.3 Å². The van der Waals surface area contributed by atoms with Gasteiger partial charge in [-0.3, -0.25) is 4.79 Å². The average molecular weight is 284 g/mol. The Labute approximate surface area is 103 Å². The number of amides is 1. The predicted octanol–water partition coefficient (Wildman–Crippen LogP) is 1.84. The van der Waals surface area contributed by atoms with Crippen LogP contribution in [0, 0.1) is 6.92 Å². The van der Waals surface area contributed by atoms with Crippen LogP contribution in [0.15, 0.2) is 16.7 Å². The van der Waals surface area contributed by atoms with Gasteiger partial charge in [-0.2, -0.15) is 0 Å². The molecule has 0 aromatic carbocycles. The summed E-state index contributed by atoms with van der Waals surface area (Å²) in [5.74, 6) is 0.593. The van der Waals surface area contributed by atoms with Gasteiger partial charge < -0.3 is 10.6 Å². The number of carbonyl (C=O) groups is 1. The molecule has 1 amide bonds. The number of hydrogen-bond donors (Lipinski definition) is 2. The molecule has 4 nitrogen and oxygen atoms in total. The lowest BCUT2D eigenvalue weighted by molar-refractivity contribution is -0.115. The quantitative estimate of drug-likeness (QED) is 0.887. The second-order valence-electron chi connectivity index (χ2n) is 4.02. The number of nitrogens with one attached hydrogen (secondary N) is 2. The van der Waals surface area contributed by atoms with Gasteiger partial charge in [0.05, 0.1) is 6.54 Å². The highest BCUT2D eigenvalue weighted by molar-refractivity contribution is 9.10. The van der Waals surface area contributed by atoms with Gasteiger partial charge in [0.15, 0.2) is 0 Å². The van der Waals surface area contributed by atoms with E-state index in [-0.39, 0.29) is 5.91 Å². The number of rotatable bonds is 4. The fourth-order valence-electron chi connectivity index (χ4n) is 1.37. The van der Waals surface area contributed by atoms with Crippen LogP contribution in [0.1, 0.15) is 18.4 Å². The molecule has 1 aliphatic carbocycles. The van der Waals surface area contributed by atoms with Crippen LogP contribution in [0.3, 0.4) is 0 Å². The van der Waals surface area contributed by atoms with Gasteiger partial charge >= 0.3 is 0 Å². The molecule has 1 aliphatic rings. The van der Waals surface area contributed by atoms with Gasteiger partial charge in [-0.1, -0.05) is 0 Å². The number of pyridine rings is 1. The average Bonchev–Trinajstić information content (AvgIpc) is 3.03. The molecule has 2 rings (SSSR count). The molecule has 0 radical (unpaired) electrons. The molecular weight excluding hydrogens is 270 g/mol. The van der Waals surface area contributed by atoms with Gasteiger partial charge in [-0.25, -0.2) is 4.98 Å². The van der Waals surface area contributed by atoms with Crippen LogP contribution in [0.25, 0.3) is 0 Å². The SMILES string of the molecule is Cc1cc(Br)cnc1NC(=O)CNC1CC1. The van der Waals surface area contributed by atoms with Gasteiger partial charge in [-0.15, -0.1) is 0 Å². The Morgan fingerprint density at radius 1 is 1.62 bits per heavy atom. The molecule has 5 heteroatoms. The molecule has 2 N–H and O–H groups in total. The molecule has 1 aromatic rings. The van der Waals surface area contributed by atoms with E-state index in [1.807, 2.05) is 13.0 Å². The summed E-state index contributed by atoms with van der Waals surface area (Å²) in [5, 5.41) is 5.95. The molecule has 1 fully saturated rings. The monoisotopic (exact) mass is 283 g/mol. The maximum Gasteiger partial charge on any atom is 0.239 e. The molecule has 86 valence electrons. The van der Waals surface area contributed by atoms with Gasteiger partial charge in [0, 0.05) is 16.7 Å². The summed E-state index contributed by atoms with van der Waals surface area (Å²) in [6.07, 6.45) is 4.04. The molecule has 0 unspecified atom stereocenters. The van der Waals surface area contributed by atoms with E-state index in [0.717, 1.165) is 10.0 Å². The highest BCUT2D eigenvalue weighted by Gasteiger charge is 2.21.